The van der Waals surface area contributed by atoms with Crippen LogP contribution in [0.3, 0.4) is 0 Å². The maximum atomic E-state index is 12.1. The van der Waals surface area contributed by atoms with Gasteiger partial charge in [-0.3, -0.25) is 9.59 Å². The van der Waals surface area contributed by atoms with Crippen LogP contribution < -0.4 is 19.5 Å². The second-order valence-corrected chi connectivity index (χ2v) is 6.83. The highest BCUT2D eigenvalue weighted by molar-refractivity contribution is 5.85. The minimum atomic E-state index is -0.460. The molecule has 0 bridgehead atoms. The average Bonchev–Trinajstić information content (AvgIpc) is 2.80. The third kappa shape index (κ3) is 5.66. The van der Waals surface area contributed by atoms with E-state index in [4.69, 9.17) is 18.9 Å². The maximum absolute atomic E-state index is 12.1. The first-order chi connectivity index (χ1) is 15.0. The zero-order valence-electron chi connectivity index (χ0n) is 17.8. The molecular weight excluding hydrogens is 398 g/mol. The van der Waals surface area contributed by atoms with E-state index in [1.165, 1.54) is 21.3 Å². The van der Waals surface area contributed by atoms with Crippen molar-refractivity contribution in [3.8, 4) is 17.2 Å². The fraction of sp³-hybridized carbons (Fsp3) is 0.250. The number of benzene rings is 3. The first kappa shape index (κ1) is 22.0. The molecule has 31 heavy (non-hydrogen) atoms. The van der Waals surface area contributed by atoms with Gasteiger partial charge in [-0.15, -0.1) is 0 Å². The van der Waals surface area contributed by atoms with E-state index in [0.29, 0.717) is 17.2 Å². The summed E-state index contributed by atoms with van der Waals surface area (Å²) in [4.78, 5) is 24.2. The van der Waals surface area contributed by atoms with Gasteiger partial charge in [0.1, 0.15) is 0 Å². The molecule has 0 radical (unpaired) electrons. The molecule has 0 aromatic heterocycles. The molecule has 0 spiro atoms. The fourth-order valence-corrected chi connectivity index (χ4v) is 3.20. The number of esters is 1. The predicted molar refractivity (Wildman–Crippen MR) is 117 cm³/mol. The number of methoxy groups -OCH3 is 3. The fourth-order valence-electron chi connectivity index (χ4n) is 3.20. The summed E-state index contributed by atoms with van der Waals surface area (Å²) in [6.45, 7) is -0.130. The monoisotopic (exact) mass is 423 g/mol. The molecule has 0 aliphatic rings. The Morgan fingerprint density at radius 1 is 0.806 bits per heavy atom. The van der Waals surface area contributed by atoms with Gasteiger partial charge in [-0.25, -0.2) is 0 Å². The Labute approximate surface area is 180 Å². The lowest BCUT2D eigenvalue weighted by Crippen LogP contribution is -2.28. The predicted octanol–water partition coefficient (Wildman–Crippen LogP) is 3.27. The third-order valence-electron chi connectivity index (χ3n) is 4.74. The molecule has 3 rings (SSSR count). The van der Waals surface area contributed by atoms with Gasteiger partial charge < -0.3 is 24.3 Å². The first-order valence-electron chi connectivity index (χ1n) is 9.73. The molecule has 0 saturated heterocycles. The largest absolute Gasteiger partial charge is 0.493 e. The molecule has 7 nitrogen and oxygen atoms in total. The Morgan fingerprint density at radius 2 is 1.48 bits per heavy atom. The van der Waals surface area contributed by atoms with Gasteiger partial charge in [-0.2, -0.15) is 0 Å². The zero-order chi connectivity index (χ0) is 22.2. The average molecular weight is 423 g/mol. The van der Waals surface area contributed by atoms with Crippen LogP contribution in [0.4, 0.5) is 0 Å². The normalized spacial score (nSPS) is 10.4. The molecule has 0 atom stereocenters. The van der Waals surface area contributed by atoms with Crippen molar-refractivity contribution in [1.82, 2.24) is 5.32 Å². The standard InChI is InChI=1S/C24H25NO6/c1-28-20-11-17(12-21(29-2)24(20)30-3)14-25-22(26)15-31-23(27)13-16-8-9-18-6-4-5-7-19(18)10-16/h4-12H,13-15H2,1-3H3,(H,25,26). The molecule has 0 aliphatic carbocycles. The Morgan fingerprint density at radius 3 is 2.13 bits per heavy atom. The van der Waals surface area contributed by atoms with Crippen molar-refractivity contribution < 1.29 is 28.5 Å². The Balaban J connectivity index is 1.51. The lowest BCUT2D eigenvalue weighted by Gasteiger charge is -2.14. The van der Waals surface area contributed by atoms with E-state index in [1.54, 1.807) is 12.1 Å². The summed E-state index contributed by atoms with van der Waals surface area (Å²) in [5, 5.41) is 4.87. The van der Waals surface area contributed by atoms with Crippen molar-refractivity contribution in [1.29, 1.82) is 0 Å². The molecule has 0 saturated carbocycles. The van der Waals surface area contributed by atoms with Gasteiger partial charge >= 0.3 is 5.97 Å². The van der Waals surface area contributed by atoms with Crippen LogP contribution in [0, 0.1) is 0 Å². The van der Waals surface area contributed by atoms with Gasteiger partial charge in [0.2, 0.25) is 5.75 Å². The summed E-state index contributed by atoms with van der Waals surface area (Å²) in [7, 11) is 4.57. The van der Waals surface area contributed by atoms with E-state index in [1.807, 2.05) is 42.5 Å². The number of fused-ring (bicyclic) bond motifs is 1. The summed E-state index contributed by atoms with van der Waals surface area (Å²) in [6.07, 6.45) is 0.102. The van der Waals surface area contributed by atoms with Crippen molar-refractivity contribution >= 4 is 22.6 Å². The molecule has 3 aromatic carbocycles. The summed E-state index contributed by atoms with van der Waals surface area (Å²) in [5.74, 6) is 0.599. The molecular formula is C24H25NO6. The summed E-state index contributed by atoms with van der Waals surface area (Å²) < 4.78 is 21.0. The molecule has 1 N–H and O–H groups in total. The Bertz CT molecular complexity index is 1050. The van der Waals surface area contributed by atoms with Crippen LogP contribution in [-0.4, -0.2) is 39.8 Å². The van der Waals surface area contributed by atoms with Crippen LogP contribution in [0.15, 0.2) is 54.6 Å². The van der Waals surface area contributed by atoms with E-state index >= 15 is 0 Å². The van der Waals surface area contributed by atoms with Gasteiger partial charge in [0.15, 0.2) is 18.1 Å². The van der Waals surface area contributed by atoms with E-state index in [9.17, 15) is 9.59 Å². The summed E-state index contributed by atoms with van der Waals surface area (Å²) in [5.41, 5.74) is 1.59. The van der Waals surface area contributed by atoms with E-state index in [-0.39, 0.29) is 19.6 Å². The van der Waals surface area contributed by atoms with Gasteiger partial charge in [-0.1, -0.05) is 42.5 Å². The molecule has 0 heterocycles. The molecule has 0 fully saturated rings. The molecule has 162 valence electrons. The van der Waals surface area contributed by atoms with Crippen molar-refractivity contribution in [3.63, 3.8) is 0 Å². The Hall–Kier alpha value is -3.74. The SMILES string of the molecule is COc1cc(CNC(=O)COC(=O)Cc2ccc3ccccc3c2)cc(OC)c1OC. The highest BCUT2D eigenvalue weighted by Gasteiger charge is 2.14. The third-order valence-corrected chi connectivity index (χ3v) is 4.74. The van der Waals surface area contributed by atoms with Gasteiger partial charge in [0, 0.05) is 6.54 Å². The lowest BCUT2D eigenvalue weighted by molar-refractivity contribution is -0.147. The molecule has 0 unspecified atom stereocenters. The maximum Gasteiger partial charge on any atom is 0.310 e. The van der Waals surface area contributed by atoms with E-state index in [2.05, 4.69) is 5.32 Å². The van der Waals surface area contributed by atoms with E-state index < -0.39 is 11.9 Å². The number of nitrogens with one attached hydrogen (secondary N) is 1. The summed E-state index contributed by atoms with van der Waals surface area (Å²) >= 11 is 0. The van der Waals surface area contributed by atoms with Crippen LogP contribution in [0.25, 0.3) is 10.8 Å². The topological polar surface area (TPSA) is 83.1 Å². The smallest absolute Gasteiger partial charge is 0.310 e. The van der Waals surface area contributed by atoms with Crippen molar-refractivity contribution in [2.45, 2.75) is 13.0 Å². The number of hydrogen-bond donors (Lipinski definition) is 1. The van der Waals surface area contributed by atoms with Gasteiger partial charge in [0.05, 0.1) is 27.8 Å². The molecule has 1 amide bonds. The number of carbonyl (C=O) groups is 2. The van der Waals surface area contributed by atoms with Crippen LogP contribution in [-0.2, 0) is 27.3 Å². The highest BCUT2D eigenvalue weighted by atomic mass is 16.5. The molecule has 7 heteroatoms. The van der Waals surface area contributed by atoms with E-state index in [0.717, 1.165) is 21.9 Å². The summed E-state index contributed by atoms with van der Waals surface area (Å²) in [6, 6.07) is 17.2. The molecule has 3 aromatic rings. The number of rotatable bonds is 9. The van der Waals surface area contributed by atoms with Gasteiger partial charge in [-0.05, 0) is 34.0 Å². The number of amides is 1. The number of carbonyl (C=O) groups excluding carboxylic acids is 2. The van der Waals surface area contributed by atoms with Crippen molar-refractivity contribution in [2.75, 3.05) is 27.9 Å². The second kappa shape index (κ2) is 10.3. The molecule has 0 aliphatic heterocycles. The number of hydrogen-bond acceptors (Lipinski definition) is 6. The van der Waals surface area contributed by atoms with Crippen molar-refractivity contribution in [2.24, 2.45) is 0 Å². The minimum Gasteiger partial charge on any atom is -0.493 e. The second-order valence-electron chi connectivity index (χ2n) is 6.83. The van der Waals surface area contributed by atoms with Crippen LogP contribution in [0.2, 0.25) is 0 Å². The van der Waals surface area contributed by atoms with Crippen LogP contribution >= 0.6 is 0 Å². The lowest BCUT2D eigenvalue weighted by atomic mass is 10.1. The zero-order valence-corrected chi connectivity index (χ0v) is 17.8. The minimum absolute atomic E-state index is 0.102. The van der Waals surface area contributed by atoms with Crippen LogP contribution in [0.1, 0.15) is 11.1 Å². The quantitative estimate of drug-likeness (QED) is 0.532. The Kier molecular flexibility index (Phi) is 7.32. The number of ether oxygens (including phenoxy) is 4. The van der Waals surface area contributed by atoms with Crippen LogP contribution in [0.5, 0.6) is 17.2 Å². The first-order valence-corrected chi connectivity index (χ1v) is 9.73. The highest BCUT2D eigenvalue weighted by Crippen LogP contribution is 2.38. The van der Waals surface area contributed by atoms with Crippen molar-refractivity contribution in [3.05, 3.63) is 65.7 Å². The van der Waals surface area contributed by atoms with Gasteiger partial charge in [0.25, 0.3) is 5.91 Å².